The first-order chi connectivity index (χ1) is 7.38. The molecule has 2 nitrogen and oxygen atoms in total. The number of hydrogen-bond donors (Lipinski definition) is 0. The number of aromatic nitrogens is 2. The van der Waals surface area contributed by atoms with Crippen LogP contribution in [-0.2, 0) is 6.54 Å². The Balaban J connectivity index is 2.13. The van der Waals surface area contributed by atoms with Crippen molar-refractivity contribution < 1.29 is 0 Å². The van der Waals surface area contributed by atoms with Crippen LogP contribution in [0.4, 0.5) is 0 Å². The average Bonchev–Trinajstić information content (AvgIpc) is 2.74. The van der Waals surface area contributed by atoms with E-state index in [-0.39, 0.29) is 0 Å². The van der Waals surface area contributed by atoms with Crippen molar-refractivity contribution in [2.45, 2.75) is 6.54 Å². The van der Waals surface area contributed by atoms with Gasteiger partial charge in [-0.3, -0.25) is 0 Å². The summed E-state index contributed by atoms with van der Waals surface area (Å²) in [6.45, 7) is 4.34. The smallest absolute Gasteiger partial charge is 0.0949 e. The first-order valence-electron chi connectivity index (χ1n) is 4.71. The largest absolute Gasteiger partial charge is 0.333 e. The molecule has 2 rings (SSSR count). The van der Waals surface area contributed by atoms with Crippen LogP contribution in [-0.4, -0.2) is 9.55 Å². The molecule has 1 aromatic heterocycles. The topological polar surface area (TPSA) is 17.8 Å². The predicted octanol–water partition coefficient (Wildman–Crippen LogP) is 2.12. The summed E-state index contributed by atoms with van der Waals surface area (Å²) in [5, 5.41) is 0. The molecule has 0 aliphatic rings. The summed E-state index contributed by atoms with van der Waals surface area (Å²) in [4.78, 5) is 4.00. The van der Waals surface area contributed by atoms with Crippen molar-refractivity contribution in [3.8, 4) is 11.8 Å². The SMILES string of the molecule is [CH2]C#Cc1ccc(Cn2ccnc2)cc1. The summed E-state index contributed by atoms with van der Waals surface area (Å²) in [5.41, 5.74) is 2.24. The molecule has 0 saturated heterocycles. The van der Waals surface area contributed by atoms with Gasteiger partial charge in [0.05, 0.1) is 6.33 Å². The normalized spacial score (nSPS) is 9.40. The van der Waals surface area contributed by atoms with Gasteiger partial charge in [-0.05, 0) is 17.7 Å². The van der Waals surface area contributed by atoms with Crippen molar-refractivity contribution in [2.24, 2.45) is 0 Å². The van der Waals surface area contributed by atoms with Crippen LogP contribution in [0.5, 0.6) is 0 Å². The van der Waals surface area contributed by atoms with Gasteiger partial charge >= 0.3 is 0 Å². The van der Waals surface area contributed by atoms with Crippen LogP contribution in [0.25, 0.3) is 0 Å². The lowest BCUT2D eigenvalue weighted by molar-refractivity contribution is 0.797. The average molecular weight is 195 g/mol. The van der Waals surface area contributed by atoms with Crippen LogP contribution in [0.2, 0.25) is 0 Å². The van der Waals surface area contributed by atoms with E-state index < -0.39 is 0 Å². The summed E-state index contributed by atoms with van der Waals surface area (Å²) in [7, 11) is 0. The van der Waals surface area contributed by atoms with Gasteiger partial charge in [0.1, 0.15) is 0 Å². The molecule has 0 bridgehead atoms. The van der Waals surface area contributed by atoms with Gasteiger partial charge in [-0.1, -0.05) is 24.0 Å². The fraction of sp³-hybridized carbons (Fsp3) is 0.0769. The number of rotatable bonds is 2. The van der Waals surface area contributed by atoms with E-state index >= 15 is 0 Å². The molecule has 0 aliphatic carbocycles. The van der Waals surface area contributed by atoms with Crippen molar-refractivity contribution in [2.75, 3.05) is 0 Å². The first-order valence-corrected chi connectivity index (χ1v) is 4.71. The van der Waals surface area contributed by atoms with E-state index in [9.17, 15) is 0 Å². The Morgan fingerprint density at radius 1 is 1.27 bits per heavy atom. The second kappa shape index (κ2) is 4.47. The van der Waals surface area contributed by atoms with Crippen LogP contribution in [0, 0.1) is 18.8 Å². The number of benzene rings is 1. The van der Waals surface area contributed by atoms with Crippen molar-refractivity contribution in [1.29, 1.82) is 0 Å². The molecular formula is C13H11N2. The van der Waals surface area contributed by atoms with Crippen LogP contribution in [0.15, 0.2) is 43.0 Å². The Labute approximate surface area is 89.6 Å². The highest BCUT2D eigenvalue weighted by molar-refractivity contribution is 5.36. The number of hydrogen-bond acceptors (Lipinski definition) is 1. The third kappa shape index (κ3) is 2.47. The fourth-order valence-electron chi connectivity index (χ4n) is 1.39. The number of nitrogens with zero attached hydrogens (tertiary/aromatic N) is 2. The van der Waals surface area contributed by atoms with E-state index in [2.05, 4.69) is 35.9 Å². The van der Waals surface area contributed by atoms with Crippen LogP contribution in [0.3, 0.4) is 0 Å². The minimum atomic E-state index is 0.845. The molecule has 0 unspecified atom stereocenters. The Morgan fingerprint density at radius 3 is 2.67 bits per heavy atom. The van der Waals surface area contributed by atoms with Crippen molar-refractivity contribution in [1.82, 2.24) is 9.55 Å². The highest BCUT2D eigenvalue weighted by Crippen LogP contribution is 2.05. The van der Waals surface area contributed by atoms with Gasteiger partial charge in [0.15, 0.2) is 0 Å². The number of imidazole rings is 1. The van der Waals surface area contributed by atoms with E-state index in [0.717, 1.165) is 12.1 Å². The van der Waals surface area contributed by atoms with E-state index in [1.54, 1.807) is 6.20 Å². The minimum absolute atomic E-state index is 0.845. The van der Waals surface area contributed by atoms with Crippen LogP contribution < -0.4 is 0 Å². The summed E-state index contributed by atoms with van der Waals surface area (Å²) >= 11 is 0. The molecule has 0 fully saturated rings. The molecule has 2 heteroatoms. The standard InChI is InChI=1S/C13H11N2/c1-2-3-12-4-6-13(7-5-12)10-15-9-8-14-11-15/h4-9,11H,1,10H2. The molecule has 0 N–H and O–H groups in total. The molecule has 73 valence electrons. The van der Waals surface area contributed by atoms with Gasteiger partial charge in [-0.15, -0.1) is 0 Å². The molecule has 1 heterocycles. The minimum Gasteiger partial charge on any atom is -0.333 e. The molecule has 0 aliphatic heterocycles. The molecular weight excluding hydrogens is 184 g/mol. The fourth-order valence-corrected chi connectivity index (χ4v) is 1.39. The summed E-state index contributed by atoms with van der Waals surface area (Å²) in [6, 6.07) is 8.15. The molecule has 15 heavy (non-hydrogen) atoms. The van der Waals surface area contributed by atoms with Gasteiger partial charge in [0.25, 0.3) is 0 Å². The quantitative estimate of drug-likeness (QED) is 0.671. The molecule has 2 aromatic rings. The van der Waals surface area contributed by atoms with Gasteiger partial charge in [0.2, 0.25) is 0 Å². The van der Waals surface area contributed by atoms with Crippen molar-refractivity contribution in [3.05, 3.63) is 61.0 Å². The highest BCUT2D eigenvalue weighted by Gasteiger charge is 1.94. The van der Waals surface area contributed by atoms with Gasteiger partial charge in [-0.25, -0.2) is 4.98 Å². The van der Waals surface area contributed by atoms with E-state index in [1.165, 1.54) is 5.56 Å². The van der Waals surface area contributed by atoms with Gasteiger partial charge in [0, 0.05) is 31.4 Å². The zero-order valence-corrected chi connectivity index (χ0v) is 8.35. The predicted molar refractivity (Wildman–Crippen MR) is 60.0 cm³/mol. The maximum Gasteiger partial charge on any atom is 0.0949 e. The zero-order valence-electron chi connectivity index (χ0n) is 8.35. The molecule has 0 amide bonds. The summed E-state index contributed by atoms with van der Waals surface area (Å²) < 4.78 is 2.03. The second-order valence-corrected chi connectivity index (χ2v) is 3.23. The van der Waals surface area contributed by atoms with E-state index in [4.69, 9.17) is 0 Å². The van der Waals surface area contributed by atoms with Gasteiger partial charge < -0.3 is 4.57 Å². The molecule has 0 saturated carbocycles. The highest BCUT2D eigenvalue weighted by atomic mass is 15.0. The van der Waals surface area contributed by atoms with Gasteiger partial charge in [-0.2, -0.15) is 0 Å². The lowest BCUT2D eigenvalue weighted by atomic mass is 10.1. The molecule has 1 aromatic carbocycles. The van der Waals surface area contributed by atoms with Crippen molar-refractivity contribution in [3.63, 3.8) is 0 Å². The maximum atomic E-state index is 4.00. The Bertz CT molecular complexity index is 469. The van der Waals surface area contributed by atoms with E-state index in [1.807, 2.05) is 29.2 Å². The van der Waals surface area contributed by atoms with Crippen LogP contribution in [0.1, 0.15) is 11.1 Å². The maximum absolute atomic E-state index is 4.00. The lowest BCUT2D eigenvalue weighted by Gasteiger charge is -2.01. The molecule has 0 spiro atoms. The third-order valence-electron chi connectivity index (χ3n) is 2.11. The Kier molecular flexibility index (Phi) is 2.85. The molecule has 1 radical (unpaired) electrons. The monoisotopic (exact) mass is 195 g/mol. The second-order valence-electron chi connectivity index (χ2n) is 3.23. The lowest BCUT2D eigenvalue weighted by Crippen LogP contribution is -1.95. The molecule has 0 atom stereocenters. The zero-order chi connectivity index (χ0) is 10.5. The third-order valence-corrected chi connectivity index (χ3v) is 2.11. The summed E-state index contributed by atoms with van der Waals surface area (Å²) in [6.07, 6.45) is 5.54. The Morgan fingerprint density at radius 2 is 2.07 bits per heavy atom. The Hall–Kier alpha value is -2.01. The van der Waals surface area contributed by atoms with Crippen LogP contribution >= 0.6 is 0 Å². The van der Waals surface area contributed by atoms with Crippen molar-refractivity contribution >= 4 is 0 Å². The first kappa shape index (κ1) is 9.54. The van der Waals surface area contributed by atoms with E-state index in [0.29, 0.717) is 0 Å². The summed E-state index contributed by atoms with van der Waals surface area (Å²) in [5.74, 6) is 5.55.